The van der Waals surface area contributed by atoms with Gasteiger partial charge in [-0.15, -0.1) is 11.8 Å². The van der Waals surface area contributed by atoms with Gasteiger partial charge in [0.1, 0.15) is 17.2 Å². The van der Waals surface area contributed by atoms with Crippen LogP contribution >= 0.6 is 11.8 Å². The summed E-state index contributed by atoms with van der Waals surface area (Å²) in [7, 11) is 0. The van der Waals surface area contributed by atoms with Crippen molar-refractivity contribution in [3.8, 4) is 0 Å². The molecule has 1 aromatic heterocycles. The lowest BCUT2D eigenvalue weighted by molar-refractivity contribution is 0.808. The van der Waals surface area contributed by atoms with Crippen LogP contribution in [0.15, 0.2) is 29.6 Å². The number of anilines is 1. The third-order valence-corrected chi connectivity index (χ3v) is 4.19. The molecule has 3 nitrogen and oxygen atoms in total. The predicted molar refractivity (Wildman–Crippen MR) is 86.0 cm³/mol. The van der Waals surface area contributed by atoms with Gasteiger partial charge in [0.15, 0.2) is 0 Å². The molecule has 0 atom stereocenters. The maximum Gasteiger partial charge on any atom is 0.131 e. The van der Waals surface area contributed by atoms with Crippen molar-refractivity contribution in [2.24, 2.45) is 0 Å². The molecule has 1 aromatic carbocycles. The summed E-state index contributed by atoms with van der Waals surface area (Å²) in [5, 5.41) is 0.992. The molecule has 0 saturated carbocycles. The van der Waals surface area contributed by atoms with E-state index in [1.165, 1.54) is 16.7 Å². The fourth-order valence-electron chi connectivity index (χ4n) is 2.35. The average Bonchev–Trinajstić information content (AvgIpc) is 2.34. The summed E-state index contributed by atoms with van der Waals surface area (Å²) < 4.78 is 0. The van der Waals surface area contributed by atoms with Gasteiger partial charge in [-0.05, 0) is 25.3 Å². The quantitative estimate of drug-likeness (QED) is 0.679. The number of aryl methyl sites for hydroxylation is 2. The highest BCUT2D eigenvalue weighted by atomic mass is 32.2. The number of nitrogens with zero attached hydrogens (tertiary/aromatic N) is 2. The van der Waals surface area contributed by atoms with E-state index in [1.54, 1.807) is 18.1 Å². The lowest BCUT2D eigenvalue weighted by Crippen LogP contribution is -2.03. The van der Waals surface area contributed by atoms with E-state index in [1.807, 2.05) is 0 Å². The molecule has 0 spiro atoms. The summed E-state index contributed by atoms with van der Waals surface area (Å²) in [6, 6.07) is 6.63. The molecule has 0 radical (unpaired) electrons. The Morgan fingerprint density at radius 3 is 2.35 bits per heavy atom. The largest absolute Gasteiger partial charge is 0.383 e. The summed E-state index contributed by atoms with van der Waals surface area (Å²) in [5.74, 6) is 1.83. The number of benzene rings is 1. The SMILES string of the molecule is Cc1cc(C)cc(CSc2ncnc(N)c2C(C)C)c1. The van der Waals surface area contributed by atoms with Crippen LogP contribution < -0.4 is 5.73 Å². The molecule has 2 N–H and O–H groups in total. The highest BCUT2D eigenvalue weighted by Gasteiger charge is 2.13. The lowest BCUT2D eigenvalue weighted by Gasteiger charge is -2.13. The van der Waals surface area contributed by atoms with Crippen molar-refractivity contribution in [3.05, 3.63) is 46.8 Å². The van der Waals surface area contributed by atoms with E-state index in [0.717, 1.165) is 16.3 Å². The predicted octanol–water partition coefficient (Wildman–Crippen LogP) is 4.09. The minimum absolute atomic E-state index is 0.331. The Morgan fingerprint density at radius 2 is 1.75 bits per heavy atom. The highest BCUT2D eigenvalue weighted by molar-refractivity contribution is 7.98. The van der Waals surface area contributed by atoms with Gasteiger partial charge in [0.25, 0.3) is 0 Å². The van der Waals surface area contributed by atoms with Crippen LogP contribution in [0, 0.1) is 13.8 Å². The Bertz CT molecular complexity index is 588. The molecule has 2 rings (SSSR count). The number of hydrogen-bond acceptors (Lipinski definition) is 4. The molecule has 0 amide bonds. The first-order chi connectivity index (χ1) is 9.47. The number of nitrogen functional groups attached to an aromatic ring is 1. The van der Waals surface area contributed by atoms with Crippen molar-refractivity contribution in [1.82, 2.24) is 9.97 Å². The van der Waals surface area contributed by atoms with Gasteiger partial charge < -0.3 is 5.73 Å². The van der Waals surface area contributed by atoms with Crippen LogP contribution in [0.5, 0.6) is 0 Å². The van der Waals surface area contributed by atoms with Crippen molar-refractivity contribution >= 4 is 17.6 Å². The first-order valence-corrected chi connectivity index (χ1v) is 7.76. The fraction of sp³-hybridized carbons (Fsp3) is 0.375. The Hall–Kier alpha value is -1.55. The van der Waals surface area contributed by atoms with Crippen molar-refractivity contribution < 1.29 is 0 Å². The molecule has 2 aromatic rings. The number of rotatable bonds is 4. The smallest absolute Gasteiger partial charge is 0.131 e. The molecule has 0 aliphatic rings. The molecule has 20 heavy (non-hydrogen) atoms. The molecule has 0 saturated heterocycles. The lowest BCUT2D eigenvalue weighted by atomic mass is 10.1. The molecule has 106 valence electrons. The van der Waals surface area contributed by atoms with Crippen LogP contribution in [0.25, 0.3) is 0 Å². The van der Waals surface area contributed by atoms with Crippen LogP contribution in [0.1, 0.15) is 42.0 Å². The Morgan fingerprint density at radius 1 is 1.10 bits per heavy atom. The second-order valence-corrected chi connectivity index (χ2v) is 6.38. The number of thioether (sulfide) groups is 1. The summed E-state index contributed by atoms with van der Waals surface area (Å²) in [5.41, 5.74) is 10.9. The summed E-state index contributed by atoms with van der Waals surface area (Å²) in [6.07, 6.45) is 1.55. The van der Waals surface area contributed by atoms with Gasteiger partial charge in [-0.3, -0.25) is 0 Å². The molecular formula is C16H21N3S. The topological polar surface area (TPSA) is 51.8 Å². The molecule has 0 bridgehead atoms. The molecule has 0 unspecified atom stereocenters. The second kappa shape index (κ2) is 6.27. The Balaban J connectivity index is 2.21. The number of nitrogens with two attached hydrogens (primary N) is 1. The van der Waals surface area contributed by atoms with Gasteiger partial charge in [-0.25, -0.2) is 9.97 Å². The van der Waals surface area contributed by atoms with Gasteiger partial charge in [0.05, 0.1) is 0 Å². The highest BCUT2D eigenvalue weighted by Crippen LogP contribution is 2.31. The molecule has 0 aliphatic carbocycles. The van der Waals surface area contributed by atoms with Crippen LogP contribution in [0.4, 0.5) is 5.82 Å². The van der Waals surface area contributed by atoms with Gasteiger partial charge >= 0.3 is 0 Å². The first-order valence-electron chi connectivity index (χ1n) is 6.77. The Labute approximate surface area is 125 Å². The van der Waals surface area contributed by atoms with E-state index in [4.69, 9.17) is 5.73 Å². The van der Waals surface area contributed by atoms with Crippen LogP contribution in [0.2, 0.25) is 0 Å². The average molecular weight is 287 g/mol. The van der Waals surface area contributed by atoms with Crippen LogP contribution in [-0.4, -0.2) is 9.97 Å². The van der Waals surface area contributed by atoms with Crippen LogP contribution in [-0.2, 0) is 5.75 Å². The summed E-state index contributed by atoms with van der Waals surface area (Å²) >= 11 is 1.73. The molecule has 0 aliphatic heterocycles. The normalized spacial score (nSPS) is 11.1. The zero-order valence-electron chi connectivity index (χ0n) is 12.5. The maximum absolute atomic E-state index is 5.98. The van der Waals surface area contributed by atoms with Gasteiger partial charge in [0.2, 0.25) is 0 Å². The van der Waals surface area contributed by atoms with Crippen molar-refractivity contribution in [3.63, 3.8) is 0 Å². The summed E-state index contributed by atoms with van der Waals surface area (Å²) in [6.45, 7) is 8.50. The monoisotopic (exact) mass is 287 g/mol. The van der Waals surface area contributed by atoms with Crippen molar-refractivity contribution in [2.45, 2.75) is 44.4 Å². The van der Waals surface area contributed by atoms with Crippen molar-refractivity contribution in [2.75, 3.05) is 5.73 Å². The molecule has 0 fully saturated rings. The first kappa shape index (κ1) is 14.9. The van der Waals surface area contributed by atoms with E-state index < -0.39 is 0 Å². The minimum Gasteiger partial charge on any atom is -0.383 e. The van der Waals surface area contributed by atoms with Gasteiger partial charge in [-0.1, -0.05) is 43.2 Å². The maximum atomic E-state index is 5.98. The third kappa shape index (κ3) is 3.51. The zero-order chi connectivity index (χ0) is 14.7. The Kier molecular flexibility index (Phi) is 4.65. The van der Waals surface area contributed by atoms with Crippen LogP contribution in [0.3, 0.4) is 0 Å². The number of hydrogen-bond donors (Lipinski definition) is 1. The number of aromatic nitrogens is 2. The zero-order valence-corrected chi connectivity index (χ0v) is 13.3. The standard InChI is InChI=1S/C16H21N3S/c1-10(2)14-15(17)18-9-19-16(14)20-8-13-6-11(3)5-12(4)7-13/h5-7,9-10H,8H2,1-4H3,(H2,17,18,19). The fourth-order valence-corrected chi connectivity index (χ4v) is 3.44. The van der Waals surface area contributed by atoms with Crippen molar-refractivity contribution in [1.29, 1.82) is 0 Å². The molecular weight excluding hydrogens is 266 g/mol. The second-order valence-electron chi connectivity index (χ2n) is 5.42. The van der Waals surface area contributed by atoms with E-state index in [2.05, 4.69) is 55.9 Å². The van der Waals surface area contributed by atoms with E-state index >= 15 is 0 Å². The molecule has 4 heteroatoms. The minimum atomic E-state index is 0.331. The summed E-state index contributed by atoms with van der Waals surface area (Å²) in [4.78, 5) is 8.49. The molecule has 1 heterocycles. The van der Waals surface area contributed by atoms with E-state index in [0.29, 0.717) is 11.7 Å². The van der Waals surface area contributed by atoms with Gasteiger partial charge in [0, 0.05) is 11.3 Å². The third-order valence-electron chi connectivity index (χ3n) is 3.11. The van der Waals surface area contributed by atoms with E-state index in [-0.39, 0.29) is 0 Å². The van der Waals surface area contributed by atoms with Gasteiger partial charge in [-0.2, -0.15) is 0 Å². The van der Waals surface area contributed by atoms with E-state index in [9.17, 15) is 0 Å².